The van der Waals surface area contributed by atoms with E-state index >= 15 is 0 Å². The molecule has 1 fully saturated rings. The molecule has 1 saturated heterocycles. The highest BCUT2D eigenvalue weighted by Crippen LogP contribution is 2.27. The Morgan fingerprint density at radius 1 is 1.26 bits per heavy atom. The second-order valence-electron chi connectivity index (χ2n) is 4.80. The molecule has 1 atom stereocenters. The van der Waals surface area contributed by atoms with Crippen LogP contribution in [0.25, 0.3) is 0 Å². The van der Waals surface area contributed by atoms with Crippen molar-refractivity contribution in [3.63, 3.8) is 0 Å². The van der Waals surface area contributed by atoms with Gasteiger partial charge in [-0.2, -0.15) is 4.31 Å². The van der Waals surface area contributed by atoms with Gasteiger partial charge in [0.1, 0.15) is 0 Å². The Balaban J connectivity index is 2.28. The number of halogens is 1. The summed E-state index contributed by atoms with van der Waals surface area (Å²) >= 11 is 5.80. The normalized spacial score (nSPS) is 21.5. The first-order valence-electron chi connectivity index (χ1n) is 6.53. The second kappa shape index (κ2) is 6.22. The Morgan fingerprint density at radius 2 is 1.95 bits per heavy atom. The highest BCUT2D eigenvalue weighted by molar-refractivity contribution is 7.89. The van der Waals surface area contributed by atoms with Crippen LogP contribution in [0.1, 0.15) is 25.7 Å². The molecule has 106 valence electrons. The van der Waals surface area contributed by atoms with E-state index in [1.807, 2.05) is 0 Å². The van der Waals surface area contributed by atoms with Crippen LogP contribution in [0.4, 0.5) is 0 Å². The predicted octanol–water partition coefficient (Wildman–Crippen LogP) is 2.23. The molecule has 1 aliphatic rings. The molecular formula is C13H19ClN2O2S. The number of sulfonamides is 1. The summed E-state index contributed by atoms with van der Waals surface area (Å²) in [6.45, 7) is 1.09. The fraction of sp³-hybridized carbons (Fsp3) is 0.538. The van der Waals surface area contributed by atoms with Gasteiger partial charge in [0.25, 0.3) is 0 Å². The lowest BCUT2D eigenvalue weighted by molar-refractivity contribution is 0.243. The van der Waals surface area contributed by atoms with Gasteiger partial charge in [0.15, 0.2) is 0 Å². The zero-order chi connectivity index (χ0) is 13.9. The average Bonchev–Trinajstić information content (AvgIpc) is 2.40. The Kier molecular flexibility index (Phi) is 4.84. The van der Waals surface area contributed by atoms with E-state index in [0.29, 0.717) is 29.4 Å². The van der Waals surface area contributed by atoms with E-state index in [0.717, 1.165) is 19.3 Å². The van der Waals surface area contributed by atoms with Crippen LogP contribution in [0.15, 0.2) is 29.2 Å². The lowest BCUT2D eigenvalue weighted by Crippen LogP contribution is -2.44. The summed E-state index contributed by atoms with van der Waals surface area (Å²) in [6.07, 6.45) is 3.59. The van der Waals surface area contributed by atoms with Gasteiger partial charge in [-0.1, -0.05) is 18.0 Å². The van der Waals surface area contributed by atoms with Crippen LogP contribution in [-0.2, 0) is 10.0 Å². The topological polar surface area (TPSA) is 63.4 Å². The molecule has 6 heteroatoms. The standard InChI is InChI=1S/C13H19ClN2O2S/c14-11-4-6-13(7-5-11)19(17,18)16-10-2-1-3-12(16)8-9-15/h4-7,12H,1-3,8-10,15H2. The maximum Gasteiger partial charge on any atom is 0.243 e. The molecule has 1 aliphatic heterocycles. The van der Waals surface area contributed by atoms with Crippen LogP contribution in [-0.4, -0.2) is 31.9 Å². The second-order valence-corrected chi connectivity index (χ2v) is 7.12. The van der Waals surface area contributed by atoms with Gasteiger partial charge >= 0.3 is 0 Å². The van der Waals surface area contributed by atoms with E-state index in [1.165, 1.54) is 0 Å². The van der Waals surface area contributed by atoms with Crippen molar-refractivity contribution in [2.75, 3.05) is 13.1 Å². The minimum Gasteiger partial charge on any atom is -0.330 e. The van der Waals surface area contributed by atoms with Crippen molar-refractivity contribution >= 4 is 21.6 Å². The number of benzene rings is 1. The summed E-state index contributed by atoms with van der Waals surface area (Å²) in [5, 5.41) is 0.538. The highest BCUT2D eigenvalue weighted by atomic mass is 35.5. The lowest BCUT2D eigenvalue weighted by atomic mass is 10.0. The number of hydrogen-bond donors (Lipinski definition) is 1. The van der Waals surface area contributed by atoms with Crippen molar-refractivity contribution in [3.05, 3.63) is 29.3 Å². The van der Waals surface area contributed by atoms with Crippen LogP contribution < -0.4 is 5.73 Å². The number of hydrogen-bond acceptors (Lipinski definition) is 3. The molecule has 1 aromatic rings. The fourth-order valence-corrected chi connectivity index (χ4v) is 4.36. The van der Waals surface area contributed by atoms with E-state index < -0.39 is 10.0 Å². The third-order valence-electron chi connectivity index (χ3n) is 3.49. The molecule has 0 aromatic heterocycles. The molecule has 0 bridgehead atoms. The summed E-state index contributed by atoms with van der Waals surface area (Å²) in [6, 6.07) is 6.36. The molecule has 2 rings (SSSR count). The van der Waals surface area contributed by atoms with Crippen molar-refractivity contribution in [3.8, 4) is 0 Å². The summed E-state index contributed by atoms with van der Waals surface area (Å²) < 4.78 is 26.9. The monoisotopic (exact) mass is 302 g/mol. The van der Waals surface area contributed by atoms with Crippen LogP contribution in [0, 0.1) is 0 Å². The quantitative estimate of drug-likeness (QED) is 0.927. The zero-order valence-electron chi connectivity index (χ0n) is 10.8. The third kappa shape index (κ3) is 3.28. The van der Waals surface area contributed by atoms with Gasteiger partial charge in [-0.25, -0.2) is 8.42 Å². The Labute approximate surface area is 119 Å². The van der Waals surface area contributed by atoms with Crippen LogP contribution >= 0.6 is 11.6 Å². The van der Waals surface area contributed by atoms with Crippen LogP contribution in [0.2, 0.25) is 5.02 Å². The molecule has 0 saturated carbocycles. The van der Waals surface area contributed by atoms with E-state index in [-0.39, 0.29) is 6.04 Å². The number of nitrogens with zero attached hydrogens (tertiary/aromatic N) is 1. The van der Waals surface area contributed by atoms with Crippen molar-refractivity contribution in [1.29, 1.82) is 0 Å². The minimum atomic E-state index is -3.43. The van der Waals surface area contributed by atoms with Crippen molar-refractivity contribution in [1.82, 2.24) is 4.31 Å². The molecule has 1 heterocycles. The van der Waals surface area contributed by atoms with Crippen LogP contribution in [0.5, 0.6) is 0 Å². The molecule has 1 unspecified atom stereocenters. The summed E-state index contributed by atoms with van der Waals surface area (Å²) in [4.78, 5) is 0.306. The molecule has 2 N–H and O–H groups in total. The first kappa shape index (κ1) is 14.8. The molecule has 0 radical (unpaired) electrons. The molecule has 0 amide bonds. The minimum absolute atomic E-state index is 0.0272. The first-order valence-corrected chi connectivity index (χ1v) is 8.35. The van der Waals surface area contributed by atoms with Crippen molar-refractivity contribution < 1.29 is 8.42 Å². The molecule has 0 spiro atoms. The molecule has 0 aliphatic carbocycles. The summed E-state index contributed by atoms with van der Waals surface area (Å²) in [5.41, 5.74) is 5.58. The van der Waals surface area contributed by atoms with Gasteiger partial charge in [0, 0.05) is 17.6 Å². The zero-order valence-corrected chi connectivity index (χ0v) is 12.3. The maximum atomic E-state index is 12.6. The fourth-order valence-electron chi connectivity index (χ4n) is 2.51. The maximum absolute atomic E-state index is 12.6. The van der Waals surface area contributed by atoms with E-state index in [4.69, 9.17) is 17.3 Å². The van der Waals surface area contributed by atoms with Crippen LogP contribution in [0.3, 0.4) is 0 Å². The smallest absolute Gasteiger partial charge is 0.243 e. The van der Waals surface area contributed by atoms with Gasteiger partial charge in [-0.15, -0.1) is 0 Å². The van der Waals surface area contributed by atoms with Gasteiger partial charge in [-0.05, 0) is 50.1 Å². The van der Waals surface area contributed by atoms with Gasteiger partial charge in [0.05, 0.1) is 4.90 Å². The SMILES string of the molecule is NCCC1CCCCN1S(=O)(=O)c1ccc(Cl)cc1. The summed E-state index contributed by atoms with van der Waals surface area (Å²) in [7, 11) is -3.43. The molecular weight excluding hydrogens is 284 g/mol. The van der Waals surface area contributed by atoms with Crippen molar-refractivity contribution in [2.24, 2.45) is 5.73 Å². The van der Waals surface area contributed by atoms with Crippen molar-refractivity contribution in [2.45, 2.75) is 36.6 Å². The Bertz CT molecular complexity index is 514. The van der Waals surface area contributed by atoms with Gasteiger partial charge in [0.2, 0.25) is 10.0 Å². The Morgan fingerprint density at radius 3 is 2.58 bits per heavy atom. The molecule has 19 heavy (non-hydrogen) atoms. The Hall–Kier alpha value is -0.620. The van der Waals surface area contributed by atoms with E-state index in [9.17, 15) is 8.42 Å². The average molecular weight is 303 g/mol. The van der Waals surface area contributed by atoms with E-state index in [1.54, 1.807) is 28.6 Å². The van der Waals surface area contributed by atoms with Gasteiger partial charge in [-0.3, -0.25) is 0 Å². The van der Waals surface area contributed by atoms with Gasteiger partial charge < -0.3 is 5.73 Å². The number of piperidine rings is 1. The largest absolute Gasteiger partial charge is 0.330 e. The first-order chi connectivity index (χ1) is 9.05. The lowest BCUT2D eigenvalue weighted by Gasteiger charge is -2.34. The molecule has 4 nitrogen and oxygen atoms in total. The molecule has 1 aromatic carbocycles. The predicted molar refractivity (Wildman–Crippen MR) is 76.7 cm³/mol. The highest BCUT2D eigenvalue weighted by Gasteiger charge is 2.32. The number of rotatable bonds is 4. The van der Waals surface area contributed by atoms with E-state index in [2.05, 4.69) is 0 Å². The third-order valence-corrected chi connectivity index (χ3v) is 5.71. The summed E-state index contributed by atoms with van der Waals surface area (Å²) in [5.74, 6) is 0. The number of nitrogens with two attached hydrogens (primary N) is 1.